The third kappa shape index (κ3) is 2.71. The van der Waals surface area contributed by atoms with Crippen molar-refractivity contribution in [2.24, 2.45) is 7.05 Å². The Bertz CT molecular complexity index is 370. The first-order chi connectivity index (χ1) is 6.85. The molecule has 0 atom stereocenters. The van der Waals surface area contributed by atoms with Gasteiger partial charge in [-0.05, 0) is 0 Å². The molecular weight excluding hydrogens is 213 g/mol. The molecule has 0 saturated carbocycles. The van der Waals surface area contributed by atoms with Gasteiger partial charge in [0.1, 0.15) is 12.1 Å². The van der Waals surface area contributed by atoms with Crippen molar-refractivity contribution in [2.45, 2.75) is 12.6 Å². The van der Waals surface area contributed by atoms with Gasteiger partial charge in [0.25, 0.3) is 0 Å². The topological polar surface area (TPSA) is 44.1 Å². The van der Waals surface area contributed by atoms with Gasteiger partial charge in [-0.15, -0.1) is 0 Å². The summed E-state index contributed by atoms with van der Waals surface area (Å²) in [6.45, 7) is 0. The van der Waals surface area contributed by atoms with E-state index in [4.69, 9.17) is 4.74 Å². The van der Waals surface area contributed by atoms with Gasteiger partial charge in [-0.1, -0.05) is 0 Å². The van der Waals surface area contributed by atoms with Crippen LogP contribution in [0.25, 0.3) is 0 Å². The predicted octanol–water partition coefficient (Wildman–Crippen LogP) is 1.56. The lowest BCUT2D eigenvalue weighted by atomic mass is 10.2. The largest absolute Gasteiger partial charge is 0.493 e. The number of nitrogens with zero attached hydrogens (tertiary/aromatic N) is 2. The van der Waals surface area contributed by atoms with Crippen LogP contribution in [0.3, 0.4) is 0 Å². The third-order valence-corrected chi connectivity index (χ3v) is 1.75. The van der Waals surface area contributed by atoms with Crippen molar-refractivity contribution in [3.05, 3.63) is 11.9 Å². The molecule has 0 radical (unpaired) electrons. The molecule has 0 aliphatic carbocycles. The quantitative estimate of drug-likeness (QED) is 0.729. The molecule has 0 spiro atoms. The number of ketones is 1. The highest BCUT2D eigenvalue weighted by Crippen LogP contribution is 2.25. The van der Waals surface area contributed by atoms with Crippen molar-refractivity contribution in [1.29, 1.82) is 0 Å². The molecule has 0 fully saturated rings. The summed E-state index contributed by atoms with van der Waals surface area (Å²) in [5.74, 6) is -1.01. The zero-order valence-electron chi connectivity index (χ0n) is 8.13. The minimum atomic E-state index is -4.52. The Morgan fingerprint density at radius 1 is 1.60 bits per heavy atom. The van der Waals surface area contributed by atoms with E-state index >= 15 is 0 Å². The molecule has 1 rings (SSSR count). The highest BCUT2D eigenvalue weighted by molar-refractivity contribution is 5.97. The fourth-order valence-electron chi connectivity index (χ4n) is 1.15. The molecule has 7 heteroatoms. The standard InChI is InChI=1S/C8H9F3N2O2/c1-13-7(6(15-2)4-12-13)5(14)3-8(9,10)11/h4H,3H2,1-2H3. The average molecular weight is 222 g/mol. The van der Waals surface area contributed by atoms with Gasteiger partial charge >= 0.3 is 6.18 Å². The van der Waals surface area contributed by atoms with E-state index in [1.54, 1.807) is 0 Å². The molecule has 0 saturated heterocycles. The first kappa shape index (κ1) is 11.5. The van der Waals surface area contributed by atoms with Gasteiger partial charge in [-0.25, -0.2) is 0 Å². The first-order valence-corrected chi connectivity index (χ1v) is 4.01. The van der Waals surface area contributed by atoms with E-state index in [1.165, 1.54) is 20.4 Å². The van der Waals surface area contributed by atoms with Crippen LogP contribution in [0.2, 0.25) is 0 Å². The van der Waals surface area contributed by atoms with Crippen LogP contribution in [-0.2, 0) is 7.05 Å². The minimum Gasteiger partial charge on any atom is -0.493 e. The van der Waals surface area contributed by atoms with E-state index in [9.17, 15) is 18.0 Å². The van der Waals surface area contributed by atoms with E-state index in [0.717, 1.165) is 4.68 Å². The lowest BCUT2D eigenvalue weighted by Crippen LogP contribution is -2.18. The number of aromatic nitrogens is 2. The number of Topliss-reactive ketones (excluding diaryl/α,β-unsaturated/α-hetero) is 1. The summed E-state index contributed by atoms with van der Waals surface area (Å²) in [5.41, 5.74) is -0.171. The second-order valence-corrected chi connectivity index (χ2v) is 2.90. The van der Waals surface area contributed by atoms with Crippen LogP contribution >= 0.6 is 0 Å². The molecule has 1 heterocycles. The summed E-state index contributed by atoms with van der Waals surface area (Å²) < 4.78 is 41.7. The second-order valence-electron chi connectivity index (χ2n) is 2.90. The fraction of sp³-hybridized carbons (Fsp3) is 0.500. The Kier molecular flexibility index (Phi) is 3.01. The molecular formula is C8H9F3N2O2. The smallest absolute Gasteiger partial charge is 0.396 e. The maximum atomic E-state index is 12.0. The van der Waals surface area contributed by atoms with Gasteiger partial charge in [0, 0.05) is 7.05 Å². The number of hydrogen-bond acceptors (Lipinski definition) is 3. The maximum Gasteiger partial charge on any atom is 0.396 e. The van der Waals surface area contributed by atoms with Crippen LogP contribution in [0.4, 0.5) is 13.2 Å². The molecule has 84 valence electrons. The van der Waals surface area contributed by atoms with Gasteiger partial charge in [-0.3, -0.25) is 9.48 Å². The van der Waals surface area contributed by atoms with E-state index in [0.29, 0.717) is 0 Å². The molecule has 0 N–H and O–H groups in total. The number of halogens is 3. The molecule has 0 bridgehead atoms. The summed E-state index contributed by atoms with van der Waals surface area (Å²) in [6.07, 6.45) is -4.83. The number of alkyl halides is 3. The molecule has 0 unspecified atom stereocenters. The van der Waals surface area contributed by atoms with E-state index < -0.39 is 18.4 Å². The van der Waals surface area contributed by atoms with Crippen LogP contribution in [-0.4, -0.2) is 28.8 Å². The number of aryl methyl sites for hydroxylation is 1. The lowest BCUT2D eigenvalue weighted by molar-refractivity contribution is -0.125. The van der Waals surface area contributed by atoms with Crippen LogP contribution in [0.15, 0.2) is 6.20 Å². The summed E-state index contributed by atoms with van der Waals surface area (Å²) in [5, 5.41) is 3.64. The molecule has 0 amide bonds. The fourth-order valence-corrected chi connectivity index (χ4v) is 1.15. The lowest BCUT2D eigenvalue weighted by Gasteiger charge is -2.06. The van der Waals surface area contributed by atoms with Crippen molar-refractivity contribution >= 4 is 5.78 Å². The summed E-state index contributed by atoms with van der Waals surface area (Å²) >= 11 is 0. The highest BCUT2D eigenvalue weighted by atomic mass is 19.4. The number of carbonyl (C=O) groups is 1. The van der Waals surface area contributed by atoms with Gasteiger partial charge in [0.15, 0.2) is 11.5 Å². The van der Waals surface area contributed by atoms with E-state index in [2.05, 4.69) is 5.10 Å². The molecule has 0 aliphatic rings. The Morgan fingerprint density at radius 2 is 2.20 bits per heavy atom. The molecule has 1 aromatic rings. The zero-order valence-corrected chi connectivity index (χ0v) is 8.13. The predicted molar refractivity (Wildman–Crippen MR) is 44.8 cm³/mol. The highest BCUT2D eigenvalue weighted by Gasteiger charge is 2.34. The summed E-state index contributed by atoms with van der Waals surface area (Å²) in [6, 6.07) is 0. The molecule has 0 aliphatic heterocycles. The second kappa shape index (κ2) is 3.92. The van der Waals surface area contributed by atoms with Crippen molar-refractivity contribution in [2.75, 3.05) is 7.11 Å². The first-order valence-electron chi connectivity index (χ1n) is 4.01. The van der Waals surface area contributed by atoms with E-state index in [1.807, 2.05) is 0 Å². The SMILES string of the molecule is COc1cnn(C)c1C(=O)CC(F)(F)F. The average Bonchev–Trinajstić information content (AvgIpc) is 2.43. The van der Waals surface area contributed by atoms with Gasteiger partial charge < -0.3 is 4.74 Å². The Hall–Kier alpha value is -1.53. The van der Waals surface area contributed by atoms with E-state index in [-0.39, 0.29) is 11.4 Å². The van der Waals surface area contributed by atoms with Crippen molar-refractivity contribution in [3.63, 3.8) is 0 Å². The van der Waals surface area contributed by atoms with Gasteiger partial charge in [0.2, 0.25) is 0 Å². The molecule has 4 nitrogen and oxygen atoms in total. The van der Waals surface area contributed by atoms with Crippen molar-refractivity contribution in [1.82, 2.24) is 9.78 Å². The Balaban J connectivity index is 2.95. The van der Waals surface area contributed by atoms with Gasteiger partial charge in [0.05, 0.1) is 13.3 Å². The number of ether oxygens (including phenoxy) is 1. The number of methoxy groups -OCH3 is 1. The number of carbonyl (C=O) groups excluding carboxylic acids is 1. The monoisotopic (exact) mass is 222 g/mol. The number of hydrogen-bond donors (Lipinski definition) is 0. The molecule has 1 aromatic heterocycles. The van der Waals surface area contributed by atoms with Crippen LogP contribution < -0.4 is 4.74 Å². The van der Waals surface area contributed by atoms with Crippen molar-refractivity contribution in [3.8, 4) is 5.75 Å². The Labute approximate surface area is 83.6 Å². The molecule has 15 heavy (non-hydrogen) atoms. The minimum absolute atomic E-state index is 0.0479. The third-order valence-electron chi connectivity index (χ3n) is 1.75. The van der Waals surface area contributed by atoms with Gasteiger partial charge in [-0.2, -0.15) is 18.3 Å². The summed E-state index contributed by atoms with van der Waals surface area (Å²) in [7, 11) is 2.65. The van der Waals surface area contributed by atoms with Crippen molar-refractivity contribution < 1.29 is 22.7 Å². The summed E-state index contributed by atoms with van der Waals surface area (Å²) in [4.78, 5) is 11.3. The van der Waals surface area contributed by atoms with Crippen LogP contribution in [0, 0.1) is 0 Å². The zero-order chi connectivity index (χ0) is 11.6. The normalized spacial score (nSPS) is 11.5. The van der Waals surface area contributed by atoms with Crippen LogP contribution in [0.5, 0.6) is 5.75 Å². The van der Waals surface area contributed by atoms with Crippen LogP contribution in [0.1, 0.15) is 16.9 Å². The molecule has 0 aromatic carbocycles. The number of rotatable bonds is 3. The Morgan fingerprint density at radius 3 is 2.67 bits per heavy atom. The maximum absolute atomic E-state index is 12.0.